The zero-order chi connectivity index (χ0) is 11.5. The van der Waals surface area contributed by atoms with Crippen molar-refractivity contribution in [2.45, 2.75) is 20.5 Å². The summed E-state index contributed by atoms with van der Waals surface area (Å²) in [6.07, 6.45) is 0. The maximum atomic E-state index is 5.69. The molecule has 0 radical (unpaired) electrons. The number of aryl methyl sites for hydroxylation is 1. The van der Waals surface area contributed by atoms with E-state index in [1.165, 1.54) is 5.56 Å². The van der Waals surface area contributed by atoms with Crippen LogP contribution in [0.1, 0.15) is 16.8 Å². The van der Waals surface area contributed by atoms with Crippen LogP contribution in [0.4, 0.5) is 5.82 Å². The summed E-state index contributed by atoms with van der Waals surface area (Å²) >= 11 is 0. The molecule has 1 aromatic heterocycles. The molecule has 0 spiro atoms. The predicted octanol–water partition coefficient (Wildman–Crippen LogP) is 2.19. The number of rotatable bonds is 3. The Hall–Kier alpha value is -1.97. The van der Waals surface area contributed by atoms with Crippen molar-refractivity contribution in [2.75, 3.05) is 5.73 Å². The molecule has 0 bridgehead atoms. The van der Waals surface area contributed by atoms with Crippen LogP contribution in [0.5, 0.6) is 5.75 Å². The molecule has 0 unspecified atom stereocenters. The first-order chi connectivity index (χ1) is 7.66. The summed E-state index contributed by atoms with van der Waals surface area (Å²) in [5, 5.41) is 6.65. The molecule has 1 aromatic carbocycles. The largest absolute Gasteiger partial charge is 0.487 e. The Labute approximate surface area is 94.4 Å². The first kappa shape index (κ1) is 10.5. The molecule has 0 aliphatic heterocycles. The lowest BCUT2D eigenvalue weighted by Gasteiger charge is -2.09. The Balaban J connectivity index is 2.07. The van der Waals surface area contributed by atoms with E-state index >= 15 is 0 Å². The normalized spacial score (nSPS) is 10.4. The molecule has 0 amide bonds. The monoisotopic (exact) mass is 217 g/mol. The summed E-state index contributed by atoms with van der Waals surface area (Å²) in [5.41, 5.74) is 8.76. The van der Waals surface area contributed by atoms with E-state index in [2.05, 4.69) is 23.2 Å². The van der Waals surface area contributed by atoms with Gasteiger partial charge in [-0.1, -0.05) is 12.1 Å². The van der Waals surface area contributed by atoms with Gasteiger partial charge in [0.15, 0.2) is 0 Å². The summed E-state index contributed by atoms with van der Waals surface area (Å²) in [7, 11) is 0. The van der Waals surface area contributed by atoms with Crippen molar-refractivity contribution in [3.05, 3.63) is 41.1 Å². The molecule has 16 heavy (non-hydrogen) atoms. The fourth-order valence-electron chi connectivity index (χ4n) is 1.49. The summed E-state index contributed by atoms with van der Waals surface area (Å²) in [4.78, 5) is 0. The average Bonchev–Trinajstić information content (AvgIpc) is 2.67. The number of nitrogens with one attached hydrogen (secondary N) is 1. The van der Waals surface area contributed by atoms with Crippen molar-refractivity contribution in [2.24, 2.45) is 0 Å². The molecule has 0 aliphatic carbocycles. The van der Waals surface area contributed by atoms with Crippen molar-refractivity contribution in [1.82, 2.24) is 10.2 Å². The summed E-state index contributed by atoms with van der Waals surface area (Å²) in [5.74, 6) is 1.38. The van der Waals surface area contributed by atoms with Gasteiger partial charge in [-0.25, -0.2) is 0 Å². The third-order valence-corrected chi connectivity index (χ3v) is 2.59. The molecule has 3 N–H and O–H groups in total. The second-order valence-electron chi connectivity index (χ2n) is 3.80. The topological polar surface area (TPSA) is 63.9 Å². The third-order valence-electron chi connectivity index (χ3n) is 2.59. The number of nitrogen functional groups attached to an aromatic ring is 1. The van der Waals surface area contributed by atoms with Gasteiger partial charge in [0.1, 0.15) is 18.2 Å². The Bertz CT molecular complexity index is 491. The van der Waals surface area contributed by atoms with Crippen molar-refractivity contribution in [3.63, 3.8) is 0 Å². The van der Waals surface area contributed by atoms with Crippen LogP contribution >= 0.6 is 0 Å². The fourth-order valence-corrected chi connectivity index (χ4v) is 1.49. The minimum Gasteiger partial charge on any atom is -0.487 e. The van der Waals surface area contributed by atoms with Gasteiger partial charge in [0.2, 0.25) is 0 Å². The van der Waals surface area contributed by atoms with Crippen molar-refractivity contribution >= 4 is 5.82 Å². The maximum Gasteiger partial charge on any atom is 0.145 e. The number of anilines is 1. The second kappa shape index (κ2) is 4.26. The van der Waals surface area contributed by atoms with E-state index in [-0.39, 0.29) is 0 Å². The van der Waals surface area contributed by atoms with E-state index < -0.39 is 0 Å². The van der Waals surface area contributed by atoms with E-state index in [1.54, 1.807) is 6.07 Å². The number of aromatic amines is 1. The Morgan fingerprint density at radius 3 is 2.88 bits per heavy atom. The molecule has 0 saturated carbocycles. The zero-order valence-electron chi connectivity index (χ0n) is 9.45. The zero-order valence-corrected chi connectivity index (χ0v) is 9.45. The SMILES string of the molecule is Cc1cccc(OCc2cc(N)n[nH]2)c1C. The number of nitrogens with zero attached hydrogens (tertiary/aromatic N) is 1. The quantitative estimate of drug-likeness (QED) is 0.828. The molecule has 0 atom stereocenters. The fraction of sp³-hybridized carbons (Fsp3) is 0.250. The van der Waals surface area contributed by atoms with Gasteiger partial charge in [-0.05, 0) is 31.0 Å². The van der Waals surface area contributed by atoms with Crippen molar-refractivity contribution < 1.29 is 4.74 Å². The lowest BCUT2D eigenvalue weighted by atomic mass is 10.1. The van der Waals surface area contributed by atoms with Gasteiger partial charge in [0, 0.05) is 6.07 Å². The van der Waals surface area contributed by atoms with E-state index in [9.17, 15) is 0 Å². The predicted molar refractivity (Wildman–Crippen MR) is 63.2 cm³/mol. The first-order valence-corrected chi connectivity index (χ1v) is 5.15. The number of ether oxygens (including phenoxy) is 1. The van der Waals surface area contributed by atoms with Gasteiger partial charge < -0.3 is 10.5 Å². The summed E-state index contributed by atoms with van der Waals surface area (Å²) in [6, 6.07) is 7.78. The number of H-pyrrole nitrogens is 1. The van der Waals surface area contributed by atoms with Gasteiger partial charge >= 0.3 is 0 Å². The van der Waals surface area contributed by atoms with Crippen molar-refractivity contribution in [1.29, 1.82) is 0 Å². The minimum atomic E-state index is 0.453. The molecule has 1 heterocycles. The number of benzene rings is 1. The van der Waals surface area contributed by atoms with E-state index in [1.807, 2.05) is 19.1 Å². The highest BCUT2D eigenvalue weighted by Crippen LogP contribution is 2.21. The van der Waals surface area contributed by atoms with E-state index in [0.717, 1.165) is 17.0 Å². The molecule has 4 heteroatoms. The van der Waals surface area contributed by atoms with Crippen LogP contribution in [0, 0.1) is 13.8 Å². The van der Waals surface area contributed by atoms with Gasteiger partial charge in [-0.3, -0.25) is 5.10 Å². The van der Waals surface area contributed by atoms with Crippen LogP contribution in [0.25, 0.3) is 0 Å². The molecule has 4 nitrogen and oxygen atoms in total. The average molecular weight is 217 g/mol. The molecule has 0 fully saturated rings. The van der Waals surface area contributed by atoms with Crippen LogP contribution in [-0.4, -0.2) is 10.2 Å². The van der Waals surface area contributed by atoms with E-state index in [0.29, 0.717) is 12.4 Å². The smallest absolute Gasteiger partial charge is 0.145 e. The second-order valence-corrected chi connectivity index (χ2v) is 3.80. The Morgan fingerprint density at radius 2 is 2.19 bits per heavy atom. The number of aromatic nitrogens is 2. The Morgan fingerprint density at radius 1 is 1.38 bits per heavy atom. The molecular weight excluding hydrogens is 202 g/mol. The Kier molecular flexibility index (Phi) is 2.81. The number of nitrogens with two attached hydrogens (primary N) is 1. The molecule has 0 aliphatic rings. The van der Waals surface area contributed by atoms with Gasteiger partial charge in [-0.15, -0.1) is 0 Å². The van der Waals surface area contributed by atoms with Gasteiger partial charge in [0.05, 0.1) is 5.69 Å². The maximum absolute atomic E-state index is 5.69. The number of hydrogen-bond donors (Lipinski definition) is 2. The highest BCUT2D eigenvalue weighted by molar-refractivity contribution is 5.38. The highest BCUT2D eigenvalue weighted by atomic mass is 16.5. The van der Waals surface area contributed by atoms with Crippen LogP contribution in [-0.2, 0) is 6.61 Å². The van der Waals surface area contributed by atoms with Crippen LogP contribution in [0.2, 0.25) is 0 Å². The molecular formula is C12H15N3O. The highest BCUT2D eigenvalue weighted by Gasteiger charge is 2.03. The molecule has 84 valence electrons. The van der Waals surface area contributed by atoms with Crippen LogP contribution in [0.3, 0.4) is 0 Å². The lowest BCUT2D eigenvalue weighted by Crippen LogP contribution is -1.98. The number of hydrogen-bond acceptors (Lipinski definition) is 3. The molecule has 0 saturated heterocycles. The van der Waals surface area contributed by atoms with Crippen LogP contribution in [0.15, 0.2) is 24.3 Å². The first-order valence-electron chi connectivity index (χ1n) is 5.15. The summed E-state index contributed by atoms with van der Waals surface area (Å²) in [6.45, 7) is 4.57. The van der Waals surface area contributed by atoms with Crippen molar-refractivity contribution in [3.8, 4) is 5.75 Å². The van der Waals surface area contributed by atoms with Gasteiger partial charge in [0.25, 0.3) is 0 Å². The van der Waals surface area contributed by atoms with E-state index in [4.69, 9.17) is 10.5 Å². The standard InChI is InChI=1S/C12H15N3O/c1-8-4-3-5-11(9(8)2)16-7-10-6-12(13)15-14-10/h3-6H,7H2,1-2H3,(H3,13,14,15). The molecule has 2 rings (SSSR count). The summed E-state index contributed by atoms with van der Waals surface area (Å²) < 4.78 is 5.69. The van der Waals surface area contributed by atoms with Crippen LogP contribution < -0.4 is 10.5 Å². The lowest BCUT2D eigenvalue weighted by molar-refractivity contribution is 0.299. The molecule has 2 aromatic rings. The third kappa shape index (κ3) is 2.16. The van der Waals surface area contributed by atoms with Gasteiger partial charge in [-0.2, -0.15) is 5.10 Å². The minimum absolute atomic E-state index is 0.453.